The van der Waals surface area contributed by atoms with Crippen LogP contribution in [-0.2, 0) is 14.3 Å². The van der Waals surface area contributed by atoms with E-state index >= 15 is 0 Å². The van der Waals surface area contributed by atoms with E-state index in [2.05, 4.69) is 5.32 Å². The van der Waals surface area contributed by atoms with E-state index in [0.717, 1.165) is 12.1 Å². The lowest BCUT2D eigenvalue weighted by Crippen LogP contribution is -2.51. The Morgan fingerprint density at radius 3 is 2.77 bits per heavy atom. The van der Waals surface area contributed by atoms with Crippen molar-refractivity contribution in [3.05, 3.63) is 29.8 Å². The van der Waals surface area contributed by atoms with Gasteiger partial charge in [0.05, 0.1) is 18.6 Å². The zero-order chi connectivity index (χ0) is 16.2. The van der Waals surface area contributed by atoms with E-state index in [1.165, 1.54) is 0 Å². The molecule has 0 aliphatic carbocycles. The molecule has 1 aliphatic rings. The zero-order valence-electron chi connectivity index (χ0n) is 11.6. The molecule has 22 heavy (non-hydrogen) atoms. The van der Waals surface area contributed by atoms with Crippen LogP contribution in [0.1, 0.15) is 12.8 Å². The molecule has 8 heteroatoms. The Balaban J connectivity index is 1.92. The molecule has 1 atom stereocenters. The lowest BCUT2D eigenvalue weighted by molar-refractivity contribution is -0.139. The molecule has 0 saturated carbocycles. The Morgan fingerprint density at radius 2 is 2.18 bits per heavy atom. The van der Waals surface area contributed by atoms with Gasteiger partial charge in [0.15, 0.2) is 18.2 Å². The van der Waals surface area contributed by atoms with Crippen LogP contribution < -0.4 is 10.1 Å². The number of nitrogens with one attached hydrogen (secondary N) is 1. The van der Waals surface area contributed by atoms with E-state index < -0.39 is 35.7 Å². The largest absolute Gasteiger partial charge is 0.481 e. The molecule has 0 spiro atoms. The van der Waals surface area contributed by atoms with Crippen molar-refractivity contribution in [1.29, 1.82) is 0 Å². The molecule has 120 valence electrons. The summed E-state index contributed by atoms with van der Waals surface area (Å²) in [5.74, 6) is -3.59. The van der Waals surface area contributed by atoms with E-state index in [1.807, 2.05) is 0 Å². The maximum Gasteiger partial charge on any atom is 0.305 e. The molecule has 1 aliphatic heterocycles. The van der Waals surface area contributed by atoms with Crippen molar-refractivity contribution in [2.24, 2.45) is 0 Å². The second-order valence-electron chi connectivity index (χ2n) is 5.07. The molecule has 1 heterocycles. The minimum atomic E-state index is -1.06. The van der Waals surface area contributed by atoms with Crippen molar-refractivity contribution in [2.45, 2.75) is 18.4 Å². The van der Waals surface area contributed by atoms with Crippen LogP contribution in [0.3, 0.4) is 0 Å². The van der Waals surface area contributed by atoms with Gasteiger partial charge < -0.3 is 19.9 Å². The molecule has 1 fully saturated rings. The predicted molar refractivity (Wildman–Crippen MR) is 70.4 cm³/mol. The van der Waals surface area contributed by atoms with Crippen molar-refractivity contribution in [2.75, 3.05) is 19.8 Å². The molecule has 0 radical (unpaired) electrons. The summed E-state index contributed by atoms with van der Waals surface area (Å²) in [6.45, 7) is -0.0686. The van der Waals surface area contributed by atoms with Gasteiger partial charge >= 0.3 is 5.97 Å². The number of aliphatic carboxylic acids is 1. The molecule has 1 unspecified atom stereocenters. The molecule has 1 aromatic carbocycles. The van der Waals surface area contributed by atoms with Gasteiger partial charge in [-0.1, -0.05) is 0 Å². The Kier molecular flexibility index (Phi) is 4.92. The number of carbonyl (C=O) groups is 2. The topological polar surface area (TPSA) is 84.9 Å². The normalized spacial score (nSPS) is 20.6. The molecule has 2 N–H and O–H groups in total. The van der Waals surface area contributed by atoms with Crippen molar-refractivity contribution in [3.8, 4) is 5.75 Å². The number of carboxylic acids is 1. The highest BCUT2D eigenvalue weighted by molar-refractivity contribution is 5.79. The Hall–Kier alpha value is -2.22. The number of halogens is 2. The summed E-state index contributed by atoms with van der Waals surface area (Å²) >= 11 is 0. The smallest absolute Gasteiger partial charge is 0.305 e. The van der Waals surface area contributed by atoms with Crippen LogP contribution in [0, 0.1) is 11.6 Å². The van der Waals surface area contributed by atoms with Gasteiger partial charge in [-0.15, -0.1) is 0 Å². The van der Waals surface area contributed by atoms with E-state index in [1.54, 1.807) is 0 Å². The summed E-state index contributed by atoms with van der Waals surface area (Å²) in [5, 5.41) is 11.5. The van der Waals surface area contributed by atoms with E-state index in [-0.39, 0.29) is 18.8 Å². The standard InChI is InChI=1S/C14H15F2NO5/c15-9-1-2-11(10(16)5-9)22-7-12(18)17-14(6-13(19)20)3-4-21-8-14/h1-2,5H,3-4,6-8H2,(H,17,18)(H,19,20). The van der Waals surface area contributed by atoms with Crippen molar-refractivity contribution in [1.82, 2.24) is 5.32 Å². The highest BCUT2D eigenvalue weighted by atomic mass is 19.1. The number of amides is 1. The summed E-state index contributed by atoms with van der Waals surface area (Å²) in [6.07, 6.45) is 0.0968. The fraction of sp³-hybridized carbons (Fsp3) is 0.429. The summed E-state index contributed by atoms with van der Waals surface area (Å²) in [4.78, 5) is 22.7. The first-order valence-electron chi connectivity index (χ1n) is 6.59. The van der Waals surface area contributed by atoms with Gasteiger partial charge in [0.2, 0.25) is 0 Å². The van der Waals surface area contributed by atoms with Crippen molar-refractivity contribution < 1.29 is 33.0 Å². The molecule has 1 saturated heterocycles. The average molecular weight is 315 g/mol. The van der Waals surface area contributed by atoms with Crippen LogP contribution in [0.2, 0.25) is 0 Å². The van der Waals surface area contributed by atoms with Crippen LogP contribution in [-0.4, -0.2) is 42.3 Å². The third kappa shape index (κ3) is 4.14. The Labute approximate surface area is 125 Å². The second kappa shape index (κ2) is 6.69. The third-order valence-corrected chi connectivity index (χ3v) is 3.25. The van der Waals surface area contributed by atoms with Gasteiger partial charge in [-0.05, 0) is 18.6 Å². The first-order chi connectivity index (χ1) is 10.4. The number of hydrogen-bond donors (Lipinski definition) is 2. The first kappa shape index (κ1) is 16.2. The Morgan fingerprint density at radius 1 is 1.41 bits per heavy atom. The van der Waals surface area contributed by atoms with Crippen LogP contribution in [0.5, 0.6) is 5.75 Å². The summed E-state index contributed by atoms with van der Waals surface area (Å²) in [7, 11) is 0. The monoisotopic (exact) mass is 315 g/mol. The third-order valence-electron chi connectivity index (χ3n) is 3.25. The minimum absolute atomic E-state index is 0.0932. The van der Waals surface area contributed by atoms with Gasteiger partial charge in [0, 0.05) is 12.7 Å². The highest BCUT2D eigenvalue weighted by Crippen LogP contribution is 2.23. The molecular weight excluding hydrogens is 300 g/mol. The molecule has 6 nitrogen and oxygen atoms in total. The lowest BCUT2D eigenvalue weighted by Gasteiger charge is -2.26. The van der Waals surface area contributed by atoms with Gasteiger partial charge in [0.25, 0.3) is 5.91 Å². The minimum Gasteiger partial charge on any atom is -0.481 e. The SMILES string of the molecule is O=C(O)CC1(NC(=O)COc2ccc(F)cc2F)CCOC1. The summed E-state index contributed by atoms with van der Waals surface area (Å²) < 4.78 is 36.2. The van der Waals surface area contributed by atoms with Gasteiger partial charge in [-0.2, -0.15) is 0 Å². The predicted octanol–water partition coefficient (Wildman–Crippen LogP) is 1.09. The number of benzene rings is 1. The molecule has 2 rings (SSSR count). The number of hydrogen-bond acceptors (Lipinski definition) is 4. The van der Waals surface area contributed by atoms with E-state index in [4.69, 9.17) is 14.6 Å². The fourth-order valence-corrected chi connectivity index (χ4v) is 2.25. The zero-order valence-corrected chi connectivity index (χ0v) is 11.6. The van der Waals surface area contributed by atoms with Crippen LogP contribution in [0.4, 0.5) is 8.78 Å². The highest BCUT2D eigenvalue weighted by Gasteiger charge is 2.38. The molecule has 0 bridgehead atoms. The number of ether oxygens (including phenoxy) is 2. The van der Waals surface area contributed by atoms with Gasteiger partial charge in [0.1, 0.15) is 5.82 Å². The van der Waals surface area contributed by atoms with Crippen LogP contribution in [0.25, 0.3) is 0 Å². The number of carbonyl (C=O) groups excluding carboxylic acids is 1. The first-order valence-corrected chi connectivity index (χ1v) is 6.59. The summed E-state index contributed by atoms with van der Waals surface area (Å²) in [5.41, 5.74) is -0.979. The quantitative estimate of drug-likeness (QED) is 0.821. The molecule has 1 aromatic rings. The molecular formula is C14H15F2NO5. The van der Waals surface area contributed by atoms with E-state index in [0.29, 0.717) is 19.1 Å². The van der Waals surface area contributed by atoms with E-state index in [9.17, 15) is 18.4 Å². The maximum absolute atomic E-state index is 13.4. The molecule has 0 aromatic heterocycles. The van der Waals surface area contributed by atoms with Crippen molar-refractivity contribution in [3.63, 3.8) is 0 Å². The van der Waals surface area contributed by atoms with Crippen LogP contribution in [0.15, 0.2) is 18.2 Å². The second-order valence-corrected chi connectivity index (χ2v) is 5.07. The van der Waals surface area contributed by atoms with Crippen molar-refractivity contribution >= 4 is 11.9 Å². The summed E-state index contributed by atoms with van der Waals surface area (Å²) in [6, 6.07) is 2.72. The fourth-order valence-electron chi connectivity index (χ4n) is 2.25. The van der Waals surface area contributed by atoms with Gasteiger partial charge in [-0.3, -0.25) is 9.59 Å². The maximum atomic E-state index is 13.4. The average Bonchev–Trinajstić information content (AvgIpc) is 2.84. The molecule has 1 amide bonds. The number of rotatable bonds is 6. The number of carboxylic acid groups (broad SMARTS) is 1. The van der Waals surface area contributed by atoms with Gasteiger partial charge in [-0.25, -0.2) is 8.78 Å². The van der Waals surface area contributed by atoms with Crippen LogP contribution >= 0.6 is 0 Å². The Bertz CT molecular complexity index is 572. The lowest BCUT2D eigenvalue weighted by atomic mass is 9.94.